The van der Waals surface area contributed by atoms with Gasteiger partial charge in [0.25, 0.3) is 5.91 Å². The van der Waals surface area contributed by atoms with Crippen LogP contribution < -0.4 is 10.2 Å². The quantitative estimate of drug-likeness (QED) is 0.107. The second kappa shape index (κ2) is 13.6. The molecule has 0 aliphatic carbocycles. The number of nitrogens with one attached hydrogen (secondary N) is 1. The summed E-state index contributed by atoms with van der Waals surface area (Å²) in [6.45, 7) is 2.88. The third-order valence-electron chi connectivity index (χ3n) is 5.29. The van der Waals surface area contributed by atoms with E-state index in [4.69, 9.17) is 16.3 Å². The van der Waals surface area contributed by atoms with Crippen molar-refractivity contribution >= 4 is 35.5 Å². The van der Waals surface area contributed by atoms with Gasteiger partial charge in [-0.15, -0.1) is 10.2 Å². The first-order valence-corrected chi connectivity index (χ1v) is 13.3. The number of halogens is 1. The second-order valence-corrected chi connectivity index (χ2v) is 9.44. The van der Waals surface area contributed by atoms with Crippen LogP contribution in [-0.4, -0.2) is 44.2 Å². The highest BCUT2D eigenvalue weighted by molar-refractivity contribution is 7.99. The van der Waals surface area contributed by atoms with E-state index in [0.29, 0.717) is 22.6 Å². The zero-order valence-corrected chi connectivity index (χ0v) is 22.0. The van der Waals surface area contributed by atoms with Gasteiger partial charge in [0.05, 0.1) is 18.6 Å². The lowest BCUT2D eigenvalue weighted by Crippen LogP contribution is -2.20. The van der Waals surface area contributed by atoms with Crippen molar-refractivity contribution in [1.29, 1.82) is 0 Å². The van der Waals surface area contributed by atoms with Crippen molar-refractivity contribution in [3.8, 4) is 22.8 Å². The van der Waals surface area contributed by atoms with E-state index in [9.17, 15) is 4.79 Å². The zero-order chi connectivity index (χ0) is 25.9. The summed E-state index contributed by atoms with van der Waals surface area (Å²) in [5.41, 5.74) is 5.11. The van der Waals surface area contributed by atoms with E-state index in [-0.39, 0.29) is 11.7 Å². The van der Waals surface area contributed by atoms with Crippen LogP contribution in [0.5, 0.6) is 5.75 Å². The topological polar surface area (TPSA) is 94.3 Å². The molecule has 10 heteroatoms. The summed E-state index contributed by atoms with van der Waals surface area (Å²) in [7, 11) is 0. The molecule has 8 nitrogen and oxygen atoms in total. The highest BCUT2D eigenvalue weighted by Gasteiger charge is 2.17. The molecule has 1 N–H and O–H groups in total. The van der Waals surface area contributed by atoms with Gasteiger partial charge in [0, 0.05) is 28.7 Å². The van der Waals surface area contributed by atoms with Crippen LogP contribution in [0.25, 0.3) is 17.1 Å². The molecule has 1 amide bonds. The maximum absolute atomic E-state index is 12.5. The molecule has 190 valence electrons. The fraction of sp³-hybridized carbons (Fsp3) is 0.222. The molecular formula is C27H27ClN6O2S. The number of amides is 1. The molecule has 0 bridgehead atoms. The Morgan fingerprint density at radius 2 is 1.81 bits per heavy atom. The number of hydrogen-bond acceptors (Lipinski definition) is 7. The predicted molar refractivity (Wildman–Crippen MR) is 148 cm³/mol. The Balaban J connectivity index is 1.36. The van der Waals surface area contributed by atoms with Crippen molar-refractivity contribution < 1.29 is 9.53 Å². The molecule has 0 aliphatic heterocycles. The number of rotatable bonds is 12. The molecule has 0 unspecified atom stereocenters. The van der Waals surface area contributed by atoms with Gasteiger partial charge in [0.1, 0.15) is 5.75 Å². The molecule has 4 rings (SSSR count). The van der Waals surface area contributed by atoms with Crippen LogP contribution in [0.3, 0.4) is 0 Å². The van der Waals surface area contributed by atoms with Gasteiger partial charge in [-0.25, -0.2) is 5.43 Å². The van der Waals surface area contributed by atoms with E-state index in [1.807, 2.05) is 53.1 Å². The van der Waals surface area contributed by atoms with Crippen LogP contribution in [0.2, 0.25) is 5.02 Å². The molecule has 2 aromatic heterocycles. The lowest BCUT2D eigenvalue weighted by Gasteiger charge is -2.10. The van der Waals surface area contributed by atoms with Crippen LogP contribution in [0, 0.1) is 0 Å². The number of aromatic nitrogens is 4. The Labute approximate surface area is 225 Å². The number of pyridine rings is 1. The maximum Gasteiger partial charge on any atom is 0.250 e. The molecule has 0 radical (unpaired) electrons. The summed E-state index contributed by atoms with van der Waals surface area (Å²) in [5.74, 6) is 1.32. The lowest BCUT2D eigenvalue weighted by atomic mass is 10.2. The highest BCUT2D eigenvalue weighted by atomic mass is 35.5. The van der Waals surface area contributed by atoms with E-state index in [1.54, 1.807) is 30.7 Å². The Bertz CT molecular complexity index is 1310. The number of benzene rings is 2. The average Bonchev–Trinajstić information content (AvgIpc) is 3.36. The lowest BCUT2D eigenvalue weighted by molar-refractivity contribution is -0.118. The summed E-state index contributed by atoms with van der Waals surface area (Å²) in [5, 5.41) is 14.0. The zero-order valence-electron chi connectivity index (χ0n) is 20.4. The van der Waals surface area contributed by atoms with Gasteiger partial charge in [-0.2, -0.15) is 5.10 Å². The molecule has 0 aliphatic rings. The van der Waals surface area contributed by atoms with Gasteiger partial charge in [-0.05, 0) is 72.6 Å². The van der Waals surface area contributed by atoms with Gasteiger partial charge in [-0.1, -0.05) is 43.1 Å². The molecule has 37 heavy (non-hydrogen) atoms. The summed E-state index contributed by atoms with van der Waals surface area (Å²) >= 11 is 7.34. The molecule has 0 saturated carbocycles. The molecular weight excluding hydrogens is 508 g/mol. The predicted octanol–water partition coefficient (Wildman–Crippen LogP) is 5.79. The third kappa shape index (κ3) is 7.65. The van der Waals surface area contributed by atoms with E-state index >= 15 is 0 Å². The number of thioether (sulfide) groups is 1. The van der Waals surface area contributed by atoms with Crippen LogP contribution in [0.1, 0.15) is 31.7 Å². The van der Waals surface area contributed by atoms with E-state index in [1.165, 1.54) is 11.8 Å². The smallest absolute Gasteiger partial charge is 0.250 e. The van der Waals surface area contributed by atoms with Crippen molar-refractivity contribution in [2.75, 3.05) is 12.4 Å². The number of hydrogen-bond donors (Lipinski definition) is 1. The van der Waals surface area contributed by atoms with E-state index < -0.39 is 0 Å². The first-order valence-electron chi connectivity index (χ1n) is 11.9. The Hall–Kier alpha value is -3.69. The molecule has 4 aromatic rings. The molecule has 0 fully saturated rings. The van der Waals surface area contributed by atoms with Crippen molar-refractivity contribution in [2.24, 2.45) is 5.10 Å². The first-order chi connectivity index (χ1) is 18.1. The fourth-order valence-corrected chi connectivity index (χ4v) is 4.28. The number of unbranched alkanes of at least 4 members (excludes halogenated alkanes) is 2. The Morgan fingerprint density at radius 3 is 2.54 bits per heavy atom. The van der Waals surface area contributed by atoms with Gasteiger partial charge < -0.3 is 4.74 Å². The summed E-state index contributed by atoms with van der Waals surface area (Å²) in [6.07, 6.45) is 8.36. The highest BCUT2D eigenvalue weighted by Crippen LogP contribution is 2.28. The molecule has 0 atom stereocenters. The van der Waals surface area contributed by atoms with Crippen LogP contribution in [-0.2, 0) is 4.79 Å². The number of carbonyl (C=O) groups is 1. The standard InChI is InChI=1S/C27H27ClN6O2S/c1-2-3-4-17-36-24-11-5-20(6-12-24)18-30-31-25(35)19-37-27-33-32-26(21-13-15-29-16-14-21)34(27)23-9-7-22(28)8-10-23/h5-16,18H,2-4,17,19H2,1H3,(H,31,35)/b30-18+. The number of nitrogens with zero attached hydrogens (tertiary/aromatic N) is 5. The van der Waals surface area contributed by atoms with Gasteiger partial charge in [0.2, 0.25) is 0 Å². The van der Waals surface area contributed by atoms with Crippen molar-refractivity contribution in [3.05, 3.63) is 83.6 Å². The molecule has 0 spiro atoms. The van der Waals surface area contributed by atoms with Gasteiger partial charge in [0.15, 0.2) is 11.0 Å². The second-order valence-electron chi connectivity index (χ2n) is 8.06. The largest absolute Gasteiger partial charge is 0.494 e. The van der Waals surface area contributed by atoms with Crippen molar-refractivity contribution in [3.63, 3.8) is 0 Å². The van der Waals surface area contributed by atoms with Crippen LogP contribution in [0.15, 0.2) is 83.3 Å². The summed E-state index contributed by atoms with van der Waals surface area (Å²) in [6, 6.07) is 18.7. The average molecular weight is 535 g/mol. The minimum Gasteiger partial charge on any atom is -0.494 e. The molecule has 2 heterocycles. The Morgan fingerprint density at radius 1 is 1.05 bits per heavy atom. The van der Waals surface area contributed by atoms with E-state index in [0.717, 1.165) is 41.8 Å². The first kappa shape index (κ1) is 26.4. The normalized spacial score (nSPS) is 11.1. The molecule has 2 aromatic carbocycles. The SMILES string of the molecule is CCCCCOc1ccc(/C=N/NC(=O)CSc2nnc(-c3ccncc3)n2-c2ccc(Cl)cc2)cc1. The molecule has 0 saturated heterocycles. The minimum absolute atomic E-state index is 0.115. The summed E-state index contributed by atoms with van der Waals surface area (Å²) < 4.78 is 7.61. The fourth-order valence-electron chi connectivity index (χ4n) is 3.41. The van der Waals surface area contributed by atoms with Gasteiger partial charge in [-0.3, -0.25) is 14.3 Å². The van der Waals surface area contributed by atoms with E-state index in [2.05, 4.69) is 32.6 Å². The van der Waals surface area contributed by atoms with Crippen LogP contribution >= 0.6 is 23.4 Å². The maximum atomic E-state index is 12.5. The monoisotopic (exact) mass is 534 g/mol. The number of carbonyl (C=O) groups excluding carboxylic acids is 1. The minimum atomic E-state index is -0.256. The summed E-state index contributed by atoms with van der Waals surface area (Å²) in [4.78, 5) is 16.5. The van der Waals surface area contributed by atoms with Gasteiger partial charge >= 0.3 is 0 Å². The number of hydrazone groups is 1. The van der Waals surface area contributed by atoms with Crippen molar-refractivity contribution in [2.45, 2.75) is 31.3 Å². The van der Waals surface area contributed by atoms with Crippen LogP contribution in [0.4, 0.5) is 0 Å². The number of ether oxygens (including phenoxy) is 1. The Kier molecular flexibility index (Phi) is 9.67. The van der Waals surface area contributed by atoms with Crippen molar-refractivity contribution in [1.82, 2.24) is 25.2 Å². The third-order valence-corrected chi connectivity index (χ3v) is 6.47.